The summed E-state index contributed by atoms with van der Waals surface area (Å²) in [5.41, 5.74) is 0.486. The Hall–Kier alpha value is 0.250. The third-order valence-corrected chi connectivity index (χ3v) is 4.26. The lowest BCUT2D eigenvalue weighted by Crippen LogP contribution is -2.23. The Bertz CT molecular complexity index is 157. The number of hydrogen-bond acceptors (Lipinski definition) is 1. The molecule has 1 aliphatic carbocycles. The number of rotatable bonds is 3. The van der Waals surface area contributed by atoms with Gasteiger partial charge in [-0.15, -0.1) is 11.6 Å². The molecule has 76 valence electrons. The third-order valence-electron chi connectivity index (χ3n) is 3.69. The molecule has 1 unspecified atom stereocenters. The van der Waals surface area contributed by atoms with Crippen molar-refractivity contribution in [2.75, 3.05) is 19.1 Å². The third kappa shape index (κ3) is 2.19. The molecule has 2 aliphatic rings. The summed E-state index contributed by atoms with van der Waals surface area (Å²) in [5.74, 6) is 1.67. The van der Waals surface area contributed by atoms with Crippen molar-refractivity contribution in [3.05, 3.63) is 0 Å². The first-order valence-corrected chi connectivity index (χ1v) is 6.02. The highest BCUT2D eigenvalue weighted by Gasteiger charge is 2.36. The summed E-state index contributed by atoms with van der Waals surface area (Å²) in [6.45, 7) is 1.96. The molecule has 1 atom stereocenters. The van der Waals surface area contributed by atoms with Crippen LogP contribution in [0.25, 0.3) is 0 Å². The summed E-state index contributed by atoms with van der Waals surface area (Å²) in [4.78, 5) is 0. The van der Waals surface area contributed by atoms with Crippen LogP contribution in [0.1, 0.15) is 38.5 Å². The van der Waals surface area contributed by atoms with Gasteiger partial charge in [-0.1, -0.05) is 12.8 Å². The summed E-state index contributed by atoms with van der Waals surface area (Å²) >= 11 is 6.10. The molecule has 1 aliphatic heterocycles. The van der Waals surface area contributed by atoms with Gasteiger partial charge in [0, 0.05) is 19.1 Å². The maximum absolute atomic E-state index is 6.10. The number of hydrogen-bond donors (Lipinski definition) is 0. The van der Waals surface area contributed by atoms with Crippen LogP contribution in [-0.4, -0.2) is 19.1 Å². The summed E-state index contributed by atoms with van der Waals surface area (Å²) < 4.78 is 5.41. The van der Waals surface area contributed by atoms with Gasteiger partial charge in [0.15, 0.2) is 0 Å². The molecule has 2 rings (SSSR count). The molecule has 0 bridgehead atoms. The zero-order valence-corrected chi connectivity index (χ0v) is 8.98. The van der Waals surface area contributed by atoms with E-state index < -0.39 is 0 Å². The van der Waals surface area contributed by atoms with E-state index in [4.69, 9.17) is 16.3 Å². The van der Waals surface area contributed by atoms with Gasteiger partial charge in [0.05, 0.1) is 0 Å². The molecule has 13 heavy (non-hydrogen) atoms. The van der Waals surface area contributed by atoms with E-state index in [1.165, 1.54) is 38.5 Å². The molecule has 1 nitrogen and oxygen atoms in total. The van der Waals surface area contributed by atoms with Gasteiger partial charge in [-0.3, -0.25) is 0 Å². The number of alkyl halides is 1. The van der Waals surface area contributed by atoms with Crippen molar-refractivity contribution in [2.24, 2.45) is 11.3 Å². The van der Waals surface area contributed by atoms with Crippen molar-refractivity contribution in [1.82, 2.24) is 0 Å². The van der Waals surface area contributed by atoms with Gasteiger partial charge >= 0.3 is 0 Å². The number of ether oxygens (including phenoxy) is 1. The highest BCUT2D eigenvalue weighted by Crippen LogP contribution is 2.45. The van der Waals surface area contributed by atoms with E-state index in [1.807, 2.05) is 0 Å². The average molecular weight is 203 g/mol. The van der Waals surface area contributed by atoms with Gasteiger partial charge in [0.1, 0.15) is 0 Å². The van der Waals surface area contributed by atoms with E-state index >= 15 is 0 Å². The minimum atomic E-state index is 0.486. The molecule has 2 heteroatoms. The minimum absolute atomic E-state index is 0.486. The molecule has 0 amide bonds. The van der Waals surface area contributed by atoms with Crippen molar-refractivity contribution in [3.8, 4) is 0 Å². The van der Waals surface area contributed by atoms with Crippen LogP contribution in [-0.2, 0) is 4.74 Å². The van der Waals surface area contributed by atoms with Crippen LogP contribution < -0.4 is 0 Å². The molecule has 0 aromatic heterocycles. The van der Waals surface area contributed by atoms with Crippen molar-refractivity contribution in [1.29, 1.82) is 0 Å². The smallest absolute Gasteiger partial charge is 0.0495 e. The second kappa shape index (κ2) is 4.18. The standard InChI is InChI=1S/C11H19ClO/c12-9-11(4-1-2-5-11)7-10-3-6-13-8-10/h10H,1-9H2. The quantitative estimate of drug-likeness (QED) is 0.639. The maximum atomic E-state index is 6.10. The van der Waals surface area contributed by atoms with Crippen LogP contribution in [0, 0.1) is 11.3 Å². The predicted molar refractivity (Wildman–Crippen MR) is 55.2 cm³/mol. The zero-order valence-electron chi connectivity index (χ0n) is 8.23. The first-order chi connectivity index (χ1) is 6.35. The van der Waals surface area contributed by atoms with Gasteiger partial charge in [0.2, 0.25) is 0 Å². The lowest BCUT2D eigenvalue weighted by molar-refractivity contribution is 0.168. The summed E-state index contributed by atoms with van der Waals surface area (Å²) in [6.07, 6.45) is 8.07. The first-order valence-electron chi connectivity index (χ1n) is 5.48. The van der Waals surface area contributed by atoms with Crippen LogP contribution in [0.3, 0.4) is 0 Å². The van der Waals surface area contributed by atoms with Crippen molar-refractivity contribution < 1.29 is 4.74 Å². The van der Waals surface area contributed by atoms with Crippen molar-refractivity contribution in [3.63, 3.8) is 0 Å². The zero-order chi connectivity index (χ0) is 9.15. The number of halogens is 1. The Morgan fingerprint density at radius 1 is 1.31 bits per heavy atom. The maximum Gasteiger partial charge on any atom is 0.0495 e. The monoisotopic (exact) mass is 202 g/mol. The van der Waals surface area contributed by atoms with Crippen LogP contribution >= 0.6 is 11.6 Å². The Morgan fingerprint density at radius 3 is 2.62 bits per heavy atom. The second-order valence-electron chi connectivity index (χ2n) is 4.77. The SMILES string of the molecule is ClCC1(CC2CCOC2)CCCC1. The molecular weight excluding hydrogens is 184 g/mol. The van der Waals surface area contributed by atoms with Crippen LogP contribution in [0.5, 0.6) is 0 Å². The molecule has 0 aromatic rings. The van der Waals surface area contributed by atoms with Crippen LogP contribution in [0.4, 0.5) is 0 Å². The van der Waals surface area contributed by atoms with E-state index in [1.54, 1.807) is 0 Å². The minimum Gasteiger partial charge on any atom is -0.381 e. The largest absolute Gasteiger partial charge is 0.381 e. The Morgan fingerprint density at radius 2 is 2.08 bits per heavy atom. The summed E-state index contributed by atoms with van der Waals surface area (Å²) in [7, 11) is 0. The van der Waals surface area contributed by atoms with Crippen molar-refractivity contribution in [2.45, 2.75) is 38.5 Å². The highest BCUT2D eigenvalue weighted by molar-refractivity contribution is 6.18. The lowest BCUT2D eigenvalue weighted by atomic mass is 9.79. The van der Waals surface area contributed by atoms with Gasteiger partial charge in [0.25, 0.3) is 0 Å². The topological polar surface area (TPSA) is 9.23 Å². The molecular formula is C11H19ClO. The second-order valence-corrected chi connectivity index (χ2v) is 5.04. The summed E-state index contributed by atoms with van der Waals surface area (Å²) in [5, 5.41) is 0. The van der Waals surface area contributed by atoms with E-state index in [-0.39, 0.29) is 0 Å². The molecule has 0 radical (unpaired) electrons. The highest BCUT2D eigenvalue weighted by atomic mass is 35.5. The first kappa shape index (κ1) is 9.79. The molecule has 1 heterocycles. The average Bonchev–Trinajstić information content (AvgIpc) is 2.77. The predicted octanol–water partition coefficient (Wildman–Crippen LogP) is 3.21. The van der Waals surface area contributed by atoms with E-state index in [0.717, 1.165) is 25.0 Å². The van der Waals surface area contributed by atoms with Gasteiger partial charge < -0.3 is 4.74 Å². The van der Waals surface area contributed by atoms with Crippen LogP contribution in [0.15, 0.2) is 0 Å². The fraction of sp³-hybridized carbons (Fsp3) is 1.00. The van der Waals surface area contributed by atoms with Gasteiger partial charge in [-0.2, -0.15) is 0 Å². The van der Waals surface area contributed by atoms with E-state index in [2.05, 4.69) is 0 Å². The van der Waals surface area contributed by atoms with E-state index in [0.29, 0.717) is 5.41 Å². The van der Waals surface area contributed by atoms with Gasteiger partial charge in [-0.25, -0.2) is 0 Å². The Labute approximate surface area is 85.8 Å². The fourth-order valence-corrected chi connectivity index (χ4v) is 3.25. The summed E-state index contributed by atoms with van der Waals surface area (Å²) in [6, 6.07) is 0. The molecule has 0 spiro atoms. The lowest BCUT2D eigenvalue weighted by Gasteiger charge is -2.28. The molecule has 0 N–H and O–H groups in total. The Kier molecular flexibility index (Phi) is 3.15. The molecule has 2 fully saturated rings. The van der Waals surface area contributed by atoms with Crippen molar-refractivity contribution >= 4 is 11.6 Å². The molecule has 1 saturated heterocycles. The van der Waals surface area contributed by atoms with Crippen LogP contribution in [0.2, 0.25) is 0 Å². The van der Waals surface area contributed by atoms with Gasteiger partial charge in [-0.05, 0) is 37.0 Å². The van der Waals surface area contributed by atoms with E-state index in [9.17, 15) is 0 Å². The Balaban J connectivity index is 1.88. The molecule has 0 aromatic carbocycles. The molecule has 1 saturated carbocycles. The fourth-order valence-electron chi connectivity index (χ4n) is 2.87. The normalized spacial score (nSPS) is 32.5.